The van der Waals surface area contributed by atoms with Gasteiger partial charge in [-0.05, 0) is 18.2 Å². The third-order valence-electron chi connectivity index (χ3n) is 1.43. The van der Waals surface area contributed by atoms with Gasteiger partial charge in [0, 0.05) is 0 Å². The first-order chi connectivity index (χ1) is 5.91. The van der Waals surface area contributed by atoms with Gasteiger partial charge in [-0.25, -0.2) is 4.79 Å². The average molecular weight is 202 g/mol. The molecule has 0 saturated heterocycles. The molecular weight excluding hydrogens is 195 g/mol. The van der Waals surface area contributed by atoms with E-state index in [2.05, 4.69) is 0 Å². The smallest absolute Gasteiger partial charge is 0.356 e. The van der Waals surface area contributed by atoms with Gasteiger partial charge in [0.15, 0.2) is 0 Å². The minimum absolute atomic E-state index is 0.138. The Labute approximate surface area is 73.8 Å². The predicted octanol–water partition coefficient (Wildman–Crippen LogP) is 0.188. The molecule has 0 aromatic heterocycles. The van der Waals surface area contributed by atoms with Crippen LogP contribution in [-0.2, 0) is 4.57 Å². The van der Waals surface area contributed by atoms with Crippen molar-refractivity contribution in [1.82, 2.24) is 0 Å². The van der Waals surface area contributed by atoms with E-state index in [0.29, 0.717) is 0 Å². The van der Waals surface area contributed by atoms with Gasteiger partial charge in [0.2, 0.25) is 0 Å². The van der Waals surface area contributed by atoms with Crippen LogP contribution in [0.5, 0.6) is 0 Å². The number of rotatable bonds is 2. The summed E-state index contributed by atoms with van der Waals surface area (Å²) >= 11 is 0. The summed E-state index contributed by atoms with van der Waals surface area (Å²) in [5, 5.41) is 8.24. The second kappa shape index (κ2) is 3.30. The number of carboxylic acids is 1. The molecule has 0 bridgehead atoms. The maximum Gasteiger partial charge on any atom is 0.356 e. The molecule has 0 aliphatic carbocycles. The highest BCUT2D eigenvalue weighted by Crippen LogP contribution is 2.32. The average Bonchev–Trinajstić information content (AvgIpc) is 2.03. The molecule has 0 spiro atoms. The van der Waals surface area contributed by atoms with Crippen molar-refractivity contribution >= 4 is 18.9 Å². The highest BCUT2D eigenvalue weighted by molar-refractivity contribution is 7.60. The summed E-state index contributed by atoms with van der Waals surface area (Å²) in [6.07, 6.45) is 0. The van der Waals surface area contributed by atoms with Crippen LogP contribution in [0, 0.1) is 0 Å². The zero-order valence-electron chi connectivity index (χ0n) is 6.41. The van der Waals surface area contributed by atoms with Crippen LogP contribution >= 0.6 is 7.60 Å². The molecule has 70 valence electrons. The number of carbonyl (C=O) groups is 1. The molecule has 13 heavy (non-hydrogen) atoms. The van der Waals surface area contributed by atoms with Gasteiger partial charge in [-0.2, -0.15) is 0 Å². The normalized spacial score (nSPS) is 11.2. The topological polar surface area (TPSA) is 94.8 Å². The van der Waals surface area contributed by atoms with Gasteiger partial charge in [-0.15, -0.1) is 0 Å². The molecular formula is C7H7O5P. The molecule has 0 heterocycles. The quantitative estimate of drug-likeness (QED) is 0.595. The highest BCUT2D eigenvalue weighted by Gasteiger charge is 2.17. The number of carboxylic acid groups (broad SMARTS) is 1. The molecule has 1 aromatic rings. The van der Waals surface area contributed by atoms with Gasteiger partial charge in [-0.1, -0.05) is 6.07 Å². The number of aromatic carboxylic acids is 1. The van der Waals surface area contributed by atoms with Gasteiger partial charge in [0.1, 0.15) is 0 Å². The van der Waals surface area contributed by atoms with E-state index in [-0.39, 0.29) is 10.9 Å². The molecule has 0 aliphatic rings. The van der Waals surface area contributed by atoms with Crippen LogP contribution in [0.3, 0.4) is 0 Å². The standard InChI is InChI=1S/C7H7O5P/c8-7(9)5-2-1-3-6(4-5)13(10,11)12/h1-4H,(H,8,9)(H2,10,11,12). The van der Waals surface area contributed by atoms with E-state index in [0.717, 1.165) is 6.07 Å². The summed E-state index contributed by atoms with van der Waals surface area (Å²) in [6.45, 7) is 0. The van der Waals surface area contributed by atoms with Crippen molar-refractivity contribution in [3.05, 3.63) is 29.8 Å². The lowest BCUT2D eigenvalue weighted by molar-refractivity contribution is 0.0697. The Hall–Kier alpha value is -1.16. The van der Waals surface area contributed by atoms with Gasteiger partial charge >= 0.3 is 13.6 Å². The number of hydrogen-bond acceptors (Lipinski definition) is 2. The monoisotopic (exact) mass is 202 g/mol. The molecule has 5 nitrogen and oxygen atoms in total. The minimum Gasteiger partial charge on any atom is -0.478 e. The summed E-state index contributed by atoms with van der Waals surface area (Å²) in [7, 11) is -4.35. The van der Waals surface area contributed by atoms with E-state index in [1.54, 1.807) is 0 Å². The lowest BCUT2D eigenvalue weighted by Gasteiger charge is -2.03. The Balaban J connectivity index is 3.21. The summed E-state index contributed by atoms with van der Waals surface area (Å²) in [6, 6.07) is 4.70. The first kappa shape index (κ1) is 9.92. The van der Waals surface area contributed by atoms with Crippen molar-refractivity contribution in [2.75, 3.05) is 0 Å². The van der Waals surface area contributed by atoms with Crippen molar-refractivity contribution in [3.63, 3.8) is 0 Å². The fourth-order valence-corrected chi connectivity index (χ4v) is 1.41. The van der Waals surface area contributed by atoms with Crippen LogP contribution in [0.1, 0.15) is 10.4 Å². The van der Waals surface area contributed by atoms with Crippen molar-refractivity contribution in [3.8, 4) is 0 Å². The molecule has 0 saturated carbocycles. The molecule has 0 fully saturated rings. The predicted molar refractivity (Wildman–Crippen MR) is 45.1 cm³/mol. The molecule has 0 atom stereocenters. The summed E-state index contributed by atoms with van der Waals surface area (Å²) in [4.78, 5) is 27.9. The Bertz CT molecular complexity index is 380. The fraction of sp³-hybridized carbons (Fsp3) is 0. The van der Waals surface area contributed by atoms with Gasteiger partial charge < -0.3 is 14.9 Å². The van der Waals surface area contributed by atoms with Crippen LogP contribution in [0.25, 0.3) is 0 Å². The number of hydrogen-bond donors (Lipinski definition) is 3. The first-order valence-corrected chi connectivity index (χ1v) is 4.92. The SMILES string of the molecule is O=C(O)c1cccc(P(=O)(O)O)c1. The Kier molecular flexibility index (Phi) is 2.52. The Morgan fingerprint density at radius 3 is 2.38 bits per heavy atom. The summed E-state index contributed by atoms with van der Waals surface area (Å²) in [5.41, 5.74) is -0.138. The van der Waals surface area contributed by atoms with E-state index in [4.69, 9.17) is 14.9 Å². The second-order valence-corrected chi connectivity index (χ2v) is 4.00. The number of benzene rings is 1. The van der Waals surface area contributed by atoms with Crippen molar-refractivity contribution in [2.45, 2.75) is 0 Å². The maximum absolute atomic E-state index is 10.7. The highest BCUT2D eigenvalue weighted by atomic mass is 31.2. The second-order valence-electron chi connectivity index (χ2n) is 2.40. The van der Waals surface area contributed by atoms with E-state index in [1.807, 2.05) is 0 Å². The fourth-order valence-electron chi connectivity index (χ4n) is 0.820. The Morgan fingerprint density at radius 2 is 1.92 bits per heavy atom. The van der Waals surface area contributed by atoms with Crippen molar-refractivity contribution in [1.29, 1.82) is 0 Å². The van der Waals surface area contributed by atoms with Crippen molar-refractivity contribution < 1.29 is 24.3 Å². The zero-order valence-corrected chi connectivity index (χ0v) is 7.31. The van der Waals surface area contributed by atoms with Crippen molar-refractivity contribution in [2.24, 2.45) is 0 Å². The van der Waals surface area contributed by atoms with Gasteiger partial charge in [0.25, 0.3) is 0 Å². The molecule has 0 aliphatic heterocycles. The molecule has 6 heteroatoms. The van der Waals surface area contributed by atoms with Crippen LogP contribution < -0.4 is 5.30 Å². The van der Waals surface area contributed by atoms with Gasteiger partial charge in [0.05, 0.1) is 10.9 Å². The largest absolute Gasteiger partial charge is 0.478 e. The van der Waals surface area contributed by atoms with E-state index in [1.165, 1.54) is 18.2 Å². The van der Waals surface area contributed by atoms with Crippen LogP contribution in [-0.4, -0.2) is 20.9 Å². The van der Waals surface area contributed by atoms with E-state index in [9.17, 15) is 9.36 Å². The van der Waals surface area contributed by atoms with Crippen LogP contribution in [0.2, 0.25) is 0 Å². The Morgan fingerprint density at radius 1 is 1.31 bits per heavy atom. The molecule has 0 unspecified atom stereocenters. The summed E-state index contributed by atoms with van der Waals surface area (Å²) < 4.78 is 10.7. The van der Waals surface area contributed by atoms with E-state index >= 15 is 0 Å². The third kappa shape index (κ3) is 2.39. The molecule has 3 N–H and O–H groups in total. The molecule has 1 aromatic carbocycles. The maximum atomic E-state index is 10.7. The molecule has 0 amide bonds. The summed E-state index contributed by atoms with van der Waals surface area (Å²) in [5.74, 6) is -1.21. The third-order valence-corrected chi connectivity index (χ3v) is 2.38. The zero-order chi connectivity index (χ0) is 10.1. The van der Waals surface area contributed by atoms with E-state index < -0.39 is 13.6 Å². The lowest BCUT2D eigenvalue weighted by atomic mass is 10.2. The minimum atomic E-state index is -4.35. The van der Waals surface area contributed by atoms with Crippen LogP contribution in [0.4, 0.5) is 0 Å². The first-order valence-electron chi connectivity index (χ1n) is 3.31. The lowest BCUT2D eigenvalue weighted by Crippen LogP contribution is -2.07. The molecule has 0 radical (unpaired) electrons. The van der Waals surface area contributed by atoms with Gasteiger partial charge in [-0.3, -0.25) is 4.57 Å². The molecule has 1 rings (SSSR count). The van der Waals surface area contributed by atoms with Crippen LogP contribution in [0.15, 0.2) is 24.3 Å².